The zero-order valence-corrected chi connectivity index (χ0v) is 30.4. The van der Waals surface area contributed by atoms with Crippen LogP contribution in [-0.4, -0.2) is 24.1 Å². The van der Waals surface area contributed by atoms with Crippen molar-refractivity contribution in [2.45, 2.75) is 26.2 Å². The first-order chi connectivity index (χ1) is 26.4. The summed E-state index contributed by atoms with van der Waals surface area (Å²) in [6, 6.07) is 60.3. The number of benzene rings is 7. The van der Waals surface area contributed by atoms with Gasteiger partial charge in [0, 0.05) is 43.7 Å². The van der Waals surface area contributed by atoms with Gasteiger partial charge in [-0.25, -0.2) is 15.0 Å². The van der Waals surface area contributed by atoms with Crippen molar-refractivity contribution in [1.82, 2.24) is 24.1 Å². The lowest BCUT2D eigenvalue weighted by molar-refractivity contribution is 0.543. The first-order valence-corrected chi connectivity index (χ1v) is 18.5. The molecule has 0 amide bonds. The summed E-state index contributed by atoms with van der Waals surface area (Å²) in [5.41, 5.74) is 10.5. The van der Waals surface area contributed by atoms with Gasteiger partial charge in [0.1, 0.15) is 5.82 Å². The molecule has 54 heavy (non-hydrogen) atoms. The third-order valence-corrected chi connectivity index (χ3v) is 10.4. The molecule has 0 aliphatic carbocycles. The van der Waals surface area contributed by atoms with Gasteiger partial charge in [-0.1, -0.05) is 148 Å². The van der Waals surface area contributed by atoms with Crippen LogP contribution in [0.2, 0.25) is 0 Å². The molecule has 3 heterocycles. The lowest BCUT2D eigenvalue weighted by Crippen LogP contribution is -2.18. The first-order valence-electron chi connectivity index (χ1n) is 18.5. The highest BCUT2D eigenvalue weighted by Crippen LogP contribution is 2.41. The monoisotopic (exact) mass is 695 g/mol. The van der Waals surface area contributed by atoms with Gasteiger partial charge in [-0.15, -0.1) is 0 Å². The summed E-state index contributed by atoms with van der Waals surface area (Å²) < 4.78 is 4.76. The molecule has 0 spiro atoms. The number of hydrogen-bond acceptors (Lipinski definition) is 3. The van der Waals surface area contributed by atoms with Crippen LogP contribution in [0.5, 0.6) is 0 Å². The van der Waals surface area contributed by atoms with Crippen LogP contribution in [0.4, 0.5) is 0 Å². The minimum absolute atomic E-state index is 0.311. The molecule has 0 aliphatic heterocycles. The molecule has 0 unspecified atom stereocenters. The van der Waals surface area contributed by atoms with Gasteiger partial charge in [0.15, 0.2) is 11.6 Å². The lowest BCUT2D eigenvalue weighted by atomic mass is 9.95. The summed E-state index contributed by atoms with van der Waals surface area (Å²) in [4.78, 5) is 15.6. The standard InChI is InChI=1S/C49H37N5/c1-49(2,3)48-51-46(32-17-5-4-6-18-32)50-47(52-48)39-31-33(29-30-45(39)54-43-27-15-10-22-37(43)38-23-11-16-28-44(38)54)34-19-7-12-24-40(34)53-41-25-13-8-20-35(41)36-21-9-14-26-42(36)53/h4-31H,1-3H3. The summed E-state index contributed by atoms with van der Waals surface area (Å²) in [6.45, 7) is 6.48. The first kappa shape index (κ1) is 31.9. The normalized spacial score (nSPS) is 12.0. The van der Waals surface area contributed by atoms with Crippen LogP contribution < -0.4 is 0 Å². The Kier molecular flexibility index (Phi) is 7.31. The number of nitrogens with zero attached hydrogens (tertiary/aromatic N) is 5. The molecule has 10 aromatic rings. The van der Waals surface area contributed by atoms with E-state index in [1.165, 1.54) is 32.6 Å². The molecule has 10 rings (SSSR count). The minimum Gasteiger partial charge on any atom is -0.309 e. The maximum absolute atomic E-state index is 5.28. The Balaban J connectivity index is 1.29. The Morgan fingerprint density at radius 1 is 0.370 bits per heavy atom. The number of rotatable bonds is 5. The molecule has 0 atom stereocenters. The van der Waals surface area contributed by atoms with Crippen LogP contribution in [0.3, 0.4) is 0 Å². The number of para-hydroxylation sites is 5. The molecule has 0 fully saturated rings. The summed E-state index contributed by atoms with van der Waals surface area (Å²) in [7, 11) is 0. The van der Waals surface area contributed by atoms with E-state index < -0.39 is 0 Å². The van der Waals surface area contributed by atoms with E-state index in [1.54, 1.807) is 0 Å². The molecule has 0 aliphatic rings. The molecule has 5 nitrogen and oxygen atoms in total. The molecule has 3 aromatic heterocycles. The zero-order valence-electron chi connectivity index (χ0n) is 30.4. The Bertz CT molecular complexity index is 2930. The lowest BCUT2D eigenvalue weighted by Gasteiger charge is -2.20. The van der Waals surface area contributed by atoms with Crippen molar-refractivity contribution in [2.24, 2.45) is 0 Å². The van der Waals surface area contributed by atoms with Gasteiger partial charge >= 0.3 is 0 Å². The van der Waals surface area contributed by atoms with Gasteiger partial charge < -0.3 is 9.13 Å². The maximum atomic E-state index is 5.28. The Hall–Kier alpha value is -6.85. The van der Waals surface area contributed by atoms with E-state index in [0.29, 0.717) is 11.6 Å². The Morgan fingerprint density at radius 3 is 1.35 bits per heavy atom. The van der Waals surface area contributed by atoms with Crippen LogP contribution in [0.15, 0.2) is 170 Å². The fraction of sp³-hybridized carbons (Fsp3) is 0.0816. The van der Waals surface area contributed by atoms with Crippen molar-refractivity contribution in [2.75, 3.05) is 0 Å². The third-order valence-electron chi connectivity index (χ3n) is 10.4. The van der Waals surface area contributed by atoms with Crippen molar-refractivity contribution in [3.63, 3.8) is 0 Å². The molecule has 0 radical (unpaired) electrons. The predicted molar refractivity (Wildman–Crippen MR) is 224 cm³/mol. The molecule has 0 saturated carbocycles. The zero-order chi connectivity index (χ0) is 36.4. The Morgan fingerprint density at radius 2 is 0.815 bits per heavy atom. The molecule has 0 N–H and O–H groups in total. The van der Waals surface area contributed by atoms with Gasteiger partial charge in [-0.05, 0) is 48.0 Å². The highest BCUT2D eigenvalue weighted by atomic mass is 15.1. The predicted octanol–water partition coefficient (Wildman–Crippen LogP) is 12.4. The maximum Gasteiger partial charge on any atom is 0.165 e. The second-order valence-corrected chi connectivity index (χ2v) is 14.9. The van der Waals surface area contributed by atoms with Gasteiger partial charge in [0.2, 0.25) is 0 Å². The van der Waals surface area contributed by atoms with E-state index in [9.17, 15) is 0 Å². The van der Waals surface area contributed by atoms with E-state index in [4.69, 9.17) is 15.0 Å². The van der Waals surface area contributed by atoms with Crippen molar-refractivity contribution in [1.29, 1.82) is 0 Å². The van der Waals surface area contributed by atoms with Crippen LogP contribution in [0.1, 0.15) is 26.6 Å². The summed E-state index contributed by atoms with van der Waals surface area (Å²) in [5.74, 6) is 2.05. The third kappa shape index (κ3) is 5.12. The van der Waals surface area contributed by atoms with Crippen molar-refractivity contribution < 1.29 is 0 Å². The largest absolute Gasteiger partial charge is 0.309 e. The average molecular weight is 696 g/mol. The van der Waals surface area contributed by atoms with Crippen LogP contribution >= 0.6 is 0 Å². The molecule has 0 saturated heterocycles. The van der Waals surface area contributed by atoms with Crippen LogP contribution in [-0.2, 0) is 5.41 Å². The van der Waals surface area contributed by atoms with E-state index >= 15 is 0 Å². The minimum atomic E-state index is -0.311. The molecule has 258 valence electrons. The quantitative estimate of drug-likeness (QED) is 0.180. The number of hydrogen-bond donors (Lipinski definition) is 0. The average Bonchev–Trinajstić information content (AvgIpc) is 3.73. The smallest absolute Gasteiger partial charge is 0.165 e. The second kappa shape index (κ2) is 12.4. The molecule has 5 heteroatoms. The number of fused-ring (bicyclic) bond motifs is 6. The SMILES string of the molecule is CC(C)(C)c1nc(-c2ccccc2)nc(-c2cc(-c3ccccc3-n3c4ccccc4c4ccccc43)ccc2-n2c3ccccc3c3ccccc32)n1. The summed E-state index contributed by atoms with van der Waals surface area (Å²) >= 11 is 0. The fourth-order valence-corrected chi connectivity index (χ4v) is 7.90. The van der Waals surface area contributed by atoms with E-state index in [1.807, 2.05) is 18.2 Å². The summed E-state index contributed by atoms with van der Waals surface area (Å²) in [5, 5.41) is 4.88. The van der Waals surface area contributed by atoms with Crippen LogP contribution in [0, 0.1) is 0 Å². The fourth-order valence-electron chi connectivity index (χ4n) is 7.90. The summed E-state index contributed by atoms with van der Waals surface area (Å²) in [6.07, 6.45) is 0. The molecular formula is C49H37N5. The van der Waals surface area contributed by atoms with E-state index in [0.717, 1.165) is 50.5 Å². The highest BCUT2D eigenvalue weighted by molar-refractivity contribution is 6.11. The molecule has 7 aromatic carbocycles. The Labute approximate surface area is 313 Å². The van der Waals surface area contributed by atoms with Crippen molar-refractivity contribution >= 4 is 43.6 Å². The van der Waals surface area contributed by atoms with Gasteiger partial charge in [0.25, 0.3) is 0 Å². The van der Waals surface area contributed by atoms with Crippen LogP contribution in [0.25, 0.3) is 88.9 Å². The highest BCUT2D eigenvalue weighted by Gasteiger charge is 2.24. The van der Waals surface area contributed by atoms with Gasteiger partial charge in [0.05, 0.1) is 33.4 Å². The van der Waals surface area contributed by atoms with Crippen molar-refractivity contribution in [3.8, 4) is 45.3 Å². The van der Waals surface area contributed by atoms with E-state index in [2.05, 4.69) is 182 Å². The molecular weight excluding hydrogens is 659 g/mol. The number of aromatic nitrogens is 5. The van der Waals surface area contributed by atoms with Gasteiger partial charge in [-0.2, -0.15) is 0 Å². The topological polar surface area (TPSA) is 48.5 Å². The van der Waals surface area contributed by atoms with E-state index in [-0.39, 0.29) is 5.41 Å². The van der Waals surface area contributed by atoms with Crippen molar-refractivity contribution in [3.05, 3.63) is 176 Å². The molecule has 0 bridgehead atoms. The van der Waals surface area contributed by atoms with Gasteiger partial charge in [-0.3, -0.25) is 0 Å². The second-order valence-electron chi connectivity index (χ2n) is 14.9.